The normalized spacial score (nSPS) is 10.7. The summed E-state index contributed by atoms with van der Waals surface area (Å²) in [4.78, 5) is 3.94. The third-order valence-electron chi connectivity index (χ3n) is 11.4. The molecule has 0 fully saturated rings. The monoisotopic (exact) mass is 1350 g/mol. The maximum absolute atomic E-state index is 8.68. The third-order valence-corrected chi connectivity index (χ3v) is 13.2. The number of benzene rings is 10. The molecule has 0 spiro atoms. The van der Waals surface area contributed by atoms with Gasteiger partial charge in [-0.1, -0.05) is 259 Å². The number of halogens is 5. The van der Waals surface area contributed by atoms with E-state index in [2.05, 4.69) is 269 Å². The van der Waals surface area contributed by atoms with Crippen LogP contribution in [0.3, 0.4) is 0 Å². The van der Waals surface area contributed by atoms with Gasteiger partial charge >= 0.3 is 7.12 Å². The molecule has 0 saturated heterocycles. The van der Waals surface area contributed by atoms with Gasteiger partial charge in [0, 0.05) is 69.8 Å². The molecule has 4 nitrogen and oxygen atoms in total. The first-order chi connectivity index (χ1) is 33.4. The van der Waals surface area contributed by atoms with Crippen LogP contribution in [0.1, 0.15) is 0 Å². The number of fused-ring (bicyclic) bond motifs is 12. The molecule has 12 aromatic rings. The number of hydrogen-bond acceptors (Lipinski definition) is 4. The lowest BCUT2D eigenvalue weighted by Gasteiger charge is -2.08. The second kappa shape index (κ2) is 23.4. The van der Waals surface area contributed by atoms with Gasteiger partial charge in [-0.25, -0.2) is 0 Å². The summed E-state index contributed by atoms with van der Waals surface area (Å²) in [6.45, 7) is 0. The second-order valence-corrected chi connectivity index (χ2v) is 18.1. The molecule has 0 bridgehead atoms. The highest BCUT2D eigenvalue weighted by molar-refractivity contribution is 14.1. The Hall–Kier alpha value is -4.55. The Morgan fingerprint density at radius 3 is 1.21 bits per heavy atom. The smallest absolute Gasteiger partial charge is 0.455 e. The molecule has 336 valence electrons. The van der Waals surface area contributed by atoms with E-state index in [0.717, 1.165) is 51.7 Å². The first-order valence-electron chi connectivity index (χ1n) is 21.5. The fourth-order valence-electron chi connectivity index (χ4n) is 8.67. The van der Waals surface area contributed by atoms with E-state index in [1.54, 1.807) is 18.2 Å². The highest BCUT2D eigenvalue weighted by atomic mass is 127. The Morgan fingerprint density at radius 2 is 0.750 bits per heavy atom. The van der Waals surface area contributed by atoms with Crippen molar-refractivity contribution in [2.75, 3.05) is 9.86 Å². The molecule has 0 aliphatic rings. The van der Waals surface area contributed by atoms with Crippen molar-refractivity contribution in [3.63, 3.8) is 0 Å². The zero-order valence-corrected chi connectivity index (χ0v) is 46.5. The summed E-state index contributed by atoms with van der Waals surface area (Å²) in [5.74, 6) is 0.902. The van der Waals surface area contributed by atoms with Crippen LogP contribution in [0.4, 0.5) is 0 Å². The van der Waals surface area contributed by atoms with Gasteiger partial charge in [0.15, 0.2) is 3.77 Å². The van der Waals surface area contributed by atoms with E-state index in [1.165, 1.54) is 59.6 Å². The molecule has 0 unspecified atom stereocenters. The van der Waals surface area contributed by atoms with E-state index in [1.807, 2.05) is 28.1 Å². The lowest BCUT2D eigenvalue weighted by Crippen LogP contribution is -2.29. The van der Waals surface area contributed by atoms with Gasteiger partial charge in [-0.2, -0.15) is 0 Å². The minimum Gasteiger partial charge on any atom is -0.455 e. The van der Waals surface area contributed by atoms with Crippen LogP contribution in [0.15, 0.2) is 224 Å². The van der Waals surface area contributed by atoms with Crippen molar-refractivity contribution in [2.24, 2.45) is 0 Å². The van der Waals surface area contributed by atoms with Gasteiger partial charge in [-0.05, 0) is 83.0 Å². The summed E-state index contributed by atoms with van der Waals surface area (Å²) in [7, 11) is -1.38. The van der Waals surface area contributed by atoms with E-state index in [4.69, 9.17) is 18.9 Å². The molecule has 2 heterocycles. The summed E-state index contributed by atoms with van der Waals surface area (Å²) in [6, 6.07) is 70.5. The molecule has 0 saturated carbocycles. The van der Waals surface area contributed by atoms with Gasteiger partial charge in [0.2, 0.25) is 0 Å². The summed E-state index contributed by atoms with van der Waals surface area (Å²) in [5.41, 5.74) is 8.17. The van der Waals surface area contributed by atoms with Crippen molar-refractivity contribution in [1.29, 1.82) is 0 Å². The fraction of sp³-hybridized carbons (Fsp3) is 0.0345. The quantitative estimate of drug-likeness (QED) is 0.0798. The van der Waals surface area contributed by atoms with Crippen LogP contribution < -0.4 is 5.46 Å². The predicted octanol–water partition coefficient (Wildman–Crippen LogP) is 18.1. The second-order valence-electron chi connectivity index (χ2n) is 15.3. The first kappa shape index (κ1) is 49.9. The molecule has 0 radical (unpaired) electrons. The van der Waals surface area contributed by atoms with Gasteiger partial charge in [-0.3, -0.25) is 0 Å². The fourth-order valence-corrected chi connectivity index (χ4v) is 10.3. The minimum atomic E-state index is -1.38. The van der Waals surface area contributed by atoms with Crippen molar-refractivity contribution >= 4 is 177 Å². The molecule has 68 heavy (non-hydrogen) atoms. The van der Waals surface area contributed by atoms with Crippen molar-refractivity contribution in [2.45, 2.75) is 0 Å². The lowest BCUT2D eigenvalue weighted by molar-refractivity contribution is 0.425. The Balaban J connectivity index is 0.000000147. The summed E-state index contributed by atoms with van der Waals surface area (Å²) in [6.07, 6.45) is 0. The maximum Gasteiger partial charge on any atom is 0.488 e. The van der Waals surface area contributed by atoms with Crippen LogP contribution in [0.2, 0.25) is 0 Å². The Bertz CT molecular complexity index is 3650. The summed E-state index contributed by atoms with van der Waals surface area (Å²) >= 11 is 13.4. The van der Waals surface area contributed by atoms with Crippen molar-refractivity contribution in [3.05, 3.63) is 219 Å². The molecular formula is C58H42BBr2I3O4. The number of hydrogen-bond donors (Lipinski definition) is 2. The molecule has 0 aliphatic heterocycles. The van der Waals surface area contributed by atoms with E-state index in [0.29, 0.717) is 5.46 Å². The van der Waals surface area contributed by atoms with Gasteiger partial charge in [-0.15, -0.1) is 0 Å². The molecule has 0 aliphatic carbocycles. The Labute approximate surface area is 453 Å². The summed E-state index contributed by atoms with van der Waals surface area (Å²) in [5, 5.41) is 29.5. The average molecular weight is 1350 g/mol. The van der Waals surface area contributed by atoms with Crippen LogP contribution in [-0.2, 0) is 0 Å². The number of furan rings is 2. The molecule has 10 heteroatoms. The van der Waals surface area contributed by atoms with Gasteiger partial charge in [0.25, 0.3) is 0 Å². The van der Waals surface area contributed by atoms with E-state index >= 15 is 0 Å². The Kier molecular flexibility index (Phi) is 17.1. The zero-order chi connectivity index (χ0) is 47.7. The van der Waals surface area contributed by atoms with Gasteiger partial charge in [0.05, 0.1) is 0 Å². The van der Waals surface area contributed by atoms with Crippen molar-refractivity contribution < 1.29 is 18.9 Å². The SMILES string of the molecule is Brc1cccc(-c2oc3c4ccccc4c4ccccc4c3c2-c2ccccc2)c1.CI.CI.Ic1oc2c3ccccc3c3ccccc3c2c1-c1ccccc1.OB(O)c1cccc(Br)c1. The first-order valence-corrected chi connectivity index (χ1v) is 28.4. The summed E-state index contributed by atoms with van der Waals surface area (Å²) < 4.78 is 15.8. The van der Waals surface area contributed by atoms with Crippen molar-refractivity contribution in [1.82, 2.24) is 0 Å². The lowest BCUT2D eigenvalue weighted by atomic mass is 9.81. The average Bonchev–Trinajstić information content (AvgIpc) is 3.98. The topological polar surface area (TPSA) is 66.7 Å². The molecule has 2 aromatic heterocycles. The van der Waals surface area contributed by atoms with Crippen LogP contribution in [0.25, 0.3) is 98.6 Å². The van der Waals surface area contributed by atoms with Crippen LogP contribution in [-0.4, -0.2) is 27.0 Å². The van der Waals surface area contributed by atoms with E-state index in [-0.39, 0.29) is 0 Å². The molecule has 2 N–H and O–H groups in total. The van der Waals surface area contributed by atoms with Crippen LogP contribution in [0, 0.1) is 3.77 Å². The third kappa shape index (κ3) is 10.3. The highest BCUT2D eigenvalue weighted by Gasteiger charge is 2.23. The van der Waals surface area contributed by atoms with Gasteiger partial charge < -0.3 is 18.9 Å². The van der Waals surface area contributed by atoms with E-state index in [9.17, 15) is 0 Å². The van der Waals surface area contributed by atoms with Crippen molar-refractivity contribution in [3.8, 4) is 33.6 Å². The minimum absolute atomic E-state index is 0.495. The van der Waals surface area contributed by atoms with Gasteiger partial charge in [0.1, 0.15) is 16.9 Å². The molecule has 0 atom stereocenters. The molecule has 0 amide bonds. The van der Waals surface area contributed by atoms with Crippen LogP contribution >= 0.6 is 99.6 Å². The molecule has 12 rings (SSSR count). The largest absolute Gasteiger partial charge is 0.488 e. The Morgan fingerprint density at radius 1 is 0.382 bits per heavy atom. The number of rotatable bonds is 4. The molecular weight excluding hydrogens is 1310 g/mol. The number of alkyl halides is 2. The zero-order valence-electron chi connectivity index (χ0n) is 36.8. The highest BCUT2D eigenvalue weighted by Crippen LogP contribution is 2.48. The maximum atomic E-state index is 8.68. The standard InChI is InChI=1S/C28H17BrO.C22H13IO.C6H6BBrO2.2CH3I/c29-20-12-8-11-19(17-20)27-25(18-9-2-1-3-10-18)26-23-15-6-4-13-21(23)22-14-5-7-16-24(22)28(26)30-27;23-22-19(14-8-2-1-3-9-14)20-17-12-6-4-10-15(17)16-11-5-7-13-18(16)21(20)24-22;8-6-3-1-2-5(4-6)7(9)10;2*1-2/h1-17H;1-13H;1-4,9-10H;2*1H3. The van der Waals surface area contributed by atoms with E-state index < -0.39 is 7.12 Å². The molecule has 10 aromatic carbocycles. The van der Waals surface area contributed by atoms with Crippen LogP contribution in [0.5, 0.6) is 0 Å². The predicted molar refractivity (Wildman–Crippen MR) is 323 cm³/mol.